The van der Waals surface area contributed by atoms with Crippen molar-refractivity contribution in [1.29, 1.82) is 0 Å². The molecule has 2 N–H and O–H groups in total. The van der Waals surface area contributed by atoms with Crippen LogP contribution in [0.2, 0.25) is 0 Å². The maximum absolute atomic E-state index is 6.36. The molecule has 0 bridgehead atoms. The number of unbranched alkanes of at least 4 members (excludes halogenated alkanes) is 1. The van der Waals surface area contributed by atoms with E-state index in [0.717, 1.165) is 42.7 Å². The Morgan fingerprint density at radius 2 is 2.14 bits per heavy atom. The highest BCUT2D eigenvalue weighted by Crippen LogP contribution is 2.26. The molecule has 3 nitrogen and oxygen atoms in total. The van der Waals surface area contributed by atoms with Crippen LogP contribution >= 0.6 is 0 Å². The molecular formula is C18H27N3. The van der Waals surface area contributed by atoms with Gasteiger partial charge in [-0.15, -0.1) is 6.58 Å². The standard InChI is InChI=1S/C18H27N3/c1-5-7-8-15(19)18-20-16-12-14(13(3)4)9-10-17(16)21(18)11-6-2/h6,9-10,12-13,15H,2,5,7-8,11,19H2,1,3-4H3. The first-order valence-corrected chi connectivity index (χ1v) is 7.95. The maximum Gasteiger partial charge on any atom is 0.127 e. The first-order valence-electron chi connectivity index (χ1n) is 7.95. The third-order valence-corrected chi connectivity index (χ3v) is 3.98. The zero-order valence-corrected chi connectivity index (χ0v) is 13.5. The molecule has 0 saturated heterocycles. The lowest BCUT2D eigenvalue weighted by Crippen LogP contribution is -2.16. The van der Waals surface area contributed by atoms with Crippen LogP contribution in [0, 0.1) is 0 Å². The molecule has 1 heterocycles. The summed E-state index contributed by atoms with van der Waals surface area (Å²) in [6.07, 6.45) is 5.18. The van der Waals surface area contributed by atoms with Gasteiger partial charge in [0, 0.05) is 6.54 Å². The van der Waals surface area contributed by atoms with Crippen LogP contribution in [0.3, 0.4) is 0 Å². The molecule has 1 atom stereocenters. The molecule has 2 rings (SSSR count). The monoisotopic (exact) mass is 285 g/mol. The van der Waals surface area contributed by atoms with E-state index in [1.165, 1.54) is 5.56 Å². The van der Waals surface area contributed by atoms with Crippen LogP contribution in [-0.4, -0.2) is 9.55 Å². The zero-order chi connectivity index (χ0) is 15.4. The molecule has 1 unspecified atom stereocenters. The van der Waals surface area contributed by atoms with Gasteiger partial charge in [0.2, 0.25) is 0 Å². The molecule has 114 valence electrons. The molecule has 0 spiro atoms. The lowest BCUT2D eigenvalue weighted by atomic mass is 10.0. The summed E-state index contributed by atoms with van der Waals surface area (Å²) in [5.41, 5.74) is 9.88. The highest BCUT2D eigenvalue weighted by Gasteiger charge is 2.16. The first kappa shape index (κ1) is 15.8. The molecule has 21 heavy (non-hydrogen) atoms. The van der Waals surface area contributed by atoms with Crippen molar-refractivity contribution < 1.29 is 0 Å². The number of imidazole rings is 1. The second kappa shape index (κ2) is 6.90. The highest BCUT2D eigenvalue weighted by atomic mass is 15.1. The van der Waals surface area contributed by atoms with Gasteiger partial charge < -0.3 is 10.3 Å². The number of allylic oxidation sites excluding steroid dienone is 1. The van der Waals surface area contributed by atoms with E-state index in [1.807, 2.05) is 6.08 Å². The Balaban J connectivity index is 2.47. The average Bonchev–Trinajstić information content (AvgIpc) is 2.83. The van der Waals surface area contributed by atoms with Gasteiger partial charge in [-0.2, -0.15) is 0 Å². The average molecular weight is 285 g/mol. The number of aromatic nitrogens is 2. The van der Waals surface area contributed by atoms with Gasteiger partial charge in [-0.1, -0.05) is 45.8 Å². The number of hydrogen-bond donors (Lipinski definition) is 1. The second-order valence-electron chi connectivity index (χ2n) is 6.02. The van der Waals surface area contributed by atoms with Gasteiger partial charge in [0.15, 0.2) is 0 Å². The van der Waals surface area contributed by atoms with Crippen molar-refractivity contribution >= 4 is 11.0 Å². The fourth-order valence-electron chi connectivity index (χ4n) is 2.68. The Bertz CT molecular complexity index is 610. The Morgan fingerprint density at radius 3 is 2.76 bits per heavy atom. The summed E-state index contributed by atoms with van der Waals surface area (Å²) in [5.74, 6) is 1.50. The first-order chi connectivity index (χ1) is 10.1. The summed E-state index contributed by atoms with van der Waals surface area (Å²) in [7, 11) is 0. The fourth-order valence-corrected chi connectivity index (χ4v) is 2.68. The quantitative estimate of drug-likeness (QED) is 0.759. The maximum atomic E-state index is 6.36. The molecule has 0 aliphatic rings. The van der Waals surface area contributed by atoms with Crippen LogP contribution in [0.25, 0.3) is 11.0 Å². The van der Waals surface area contributed by atoms with Gasteiger partial charge in [0.1, 0.15) is 5.82 Å². The SMILES string of the molecule is C=CCn1c(C(N)CCCC)nc2cc(C(C)C)ccc21. The minimum absolute atomic E-state index is 0.000185. The molecule has 0 radical (unpaired) electrons. The van der Waals surface area contributed by atoms with Crippen LogP contribution in [0.1, 0.15) is 63.4 Å². The van der Waals surface area contributed by atoms with E-state index in [4.69, 9.17) is 10.7 Å². The van der Waals surface area contributed by atoms with Gasteiger partial charge in [0.05, 0.1) is 17.1 Å². The summed E-state index contributed by atoms with van der Waals surface area (Å²) >= 11 is 0. The van der Waals surface area contributed by atoms with Crippen molar-refractivity contribution in [2.24, 2.45) is 5.73 Å². The smallest absolute Gasteiger partial charge is 0.127 e. The summed E-state index contributed by atoms with van der Waals surface area (Å²) in [6, 6.07) is 6.54. The van der Waals surface area contributed by atoms with Crippen LogP contribution in [0.15, 0.2) is 30.9 Å². The number of fused-ring (bicyclic) bond motifs is 1. The van der Waals surface area contributed by atoms with Gasteiger partial charge in [0.25, 0.3) is 0 Å². The Hall–Kier alpha value is -1.61. The summed E-state index contributed by atoms with van der Waals surface area (Å²) in [6.45, 7) is 11.2. The van der Waals surface area contributed by atoms with Crippen molar-refractivity contribution in [2.45, 2.75) is 58.5 Å². The van der Waals surface area contributed by atoms with E-state index in [2.05, 4.69) is 50.1 Å². The lowest BCUT2D eigenvalue weighted by molar-refractivity contribution is 0.553. The molecular weight excluding hydrogens is 258 g/mol. The molecule has 0 aliphatic carbocycles. The van der Waals surface area contributed by atoms with Crippen LogP contribution in [0.4, 0.5) is 0 Å². The molecule has 0 saturated carbocycles. The number of nitrogens with two attached hydrogens (primary N) is 1. The van der Waals surface area contributed by atoms with Crippen LogP contribution < -0.4 is 5.73 Å². The second-order valence-corrected chi connectivity index (χ2v) is 6.02. The fraction of sp³-hybridized carbons (Fsp3) is 0.500. The van der Waals surface area contributed by atoms with Gasteiger partial charge in [-0.3, -0.25) is 0 Å². The molecule has 3 heteroatoms. The summed E-state index contributed by atoms with van der Waals surface area (Å²) in [5, 5.41) is 0. The van der Waals surface area contributed by atoms with Crippen molar-refractivity contribution in [2.75, 3.05) is 0 Å². The van der Waals surface area contributed by atoms with E-state index < -0.39 is 0 Å². The Kier molecular flexibility index (Phi) is 5.18. The minimum Gasteiger partial charge on any atom is -0.323 e. The van der Waals surface area contributed by atoms with Crippen LogP contribution in [-0.2, 0) is 6.54 Å². The third kappa shape index (κ3) is 3.35. The van der Waals surface area contributed by atoms with E-state index in [9.17, 15) is 0 Å². The van der Waals surface area contributed by atoms with E-state index in [1.54, 1.807) is 0 Å². The largest absolute Gasteiger partial charge is 0.323 e. The number of rotatable bonds is 7. The van der Waals surface area contributed by atoms with E-state index in [-0.39, 0.29) is 6.04 Å². The number of benzene rings is 1. The number of nitrogens with zero attached hydrogens (tertiary/aromatic N) is 2. The van der Waals surface area contributed by atoms with Gasteiger partial charge in [-0.25, -0.2) is 4.98 Å². The molecule has 0 fully saturated rings. The van der Waals surface area contributed by atoms with Crippen molar-refractivity contribution in [1.82, 2.24) is 9.55 Å². The van der Waals surface area contributed by atoms with Crippen LogP contribution in [0.5, 0.6) is 0 Å². The predicted octanol–water partition coefficient (Wildman–Crippen LogP) is 4.54. The molecule has 1 aromatic heterocycles. The minimum atomic E-state index is -0.000185. The zero-order valence-electron chi connectivity index (χ0n) is 13.5. The van der Waals surface area contributed by atoms with Gasteiger partial charge in [-0.05, 0) is 30.0 Å². The lowest BCUT2D eigenvalue weighted by Gasteiger charge is -2.13. The third-order valence-electron chi connectivity index (χ3n) is 3.98. The summed E-state index contributed by atoms with van der Waals surface area (Å²) in [4.78, 5) is 4.82. The Labute approximate surface area is 127 Å². The van der Waals surface area contributed by atoms with E-state index in [0.29, 0.717) is 5.92 Å². The van der Waals surface area contributed by atoms with Gasteiger partial charge >= 0.3 is 0 Å². The topological polar surface area (TPSA) is 43.8 Å². The molecule has 2 aromatic rings. The normalized spacial score (nSPS) is 13.0. The van der Waals surface area contributed by atoms with Crippen molar-refractivity contribution in [3.05, 3.63) is 42.2 Å². The van der Waals surface area contributed by atoms with Crippen molar-refractivity contribution in [3.63, 3.8) is 0 Å². The number of hydrogen-bond acceptors (Lipinski definition) is 2. The highest BCUT2D eigenvalue weighted by molar-refractivity contribution is 5.77. The molecule has 0 aliphatic heterocycles. The van der Waals surface area contributed by atoms with Crippen molar-refractivity contribution in [3.8, 4) is 0 Å². The summed E-state index contributed by atoms with van der Waals surface area (Å²) < 4.78 is 2.20. The molecule has 1 aromatic carbocycles. The molecule has 0 amide bonds. The predicted molar refractivity (Wildman–Crippen MR) is 90.5 cm³/mol. The Morgan fingerprint density at radius 1 is 1.38 bits per heavy atom. The van der Waals surface area contributed by atoms with E-state index >= 15 is 0 Å².